The first-order valence-corrected chi connectivity index (χ1v) is 12.8. The van der Waals surface area contributed by atoms with Crippen LogP contribution in [0.4, 0.5) is 0 Å². The van der Waals surface area contributed by atoms with Gasteiger partial charge in [0.15, 0.2) is 5.03 Å². The third-order valence-electron chi connectivity index (χ3n) is 6.22. The van der Waals surface area contributed by atoms with Gasteiger partial charge in [-0.3, -0.25) is 0 Å². The number of nitrogens with one attached hydrogen (secondary N) is 1. The molecule has 2 heterocycles. The third-order valence-corrected chi connectivity index (χ3v) is 7.56. The van der Waals surface area contributed by atoms with Gasteiger partial charge in [-0.1, -0.05) is 42.5 Å². The van der Waals surface area contributed by atoms with Crippen molar-refractivity contribution in [2.75, 3.05) is 33.3 Å². The molecule has 0 bridgehead atoms. The number of piperidine rings is 1. The number of likely N-dealkylation sites (N-methyl/N-ethyl adjacent to an activating group) is 1. The second-order valence-corrected chi connectivity index (χ2v) is 10.6. The first-order chi connectivity index (χ1) is 15.9. The molecule has 2 aromatic carbocycles. The Labute approximate surface area is 196 Å². The highest BCUT2D eigenvalue weighted by atomic mass is 32.2. The first-order valence-electron chi connectivity index (χ1n) is 11.3. The molecule has 176 valence electrons. The quantitative estimate of drug-likeness (QED) is 0.489. The number of benzene rings is 2. The Morgan fingerprint density at radius 3 is 2.67 bits per heavy atom. The molecule has 1 fully saturated rings. The van der Waals surface area contributed by atoms with Crippen molar-refractivity contribution in [1.29, 1.82) is 0 Å². The fourth-order valence-electron chi connectivity index (χ4n) is 4.69. The zero-order valence-electron chi connectivity index (χ0n) is 19.3. The van der Waals surface area contributed by atoms with Gasteiger partial charge in [0.05, 0.1) is 6.33 Å². The highest BCUT2D eigenvalue weighted by Gasteiger charge is 2.36. The van der Waals surface area contributed by atoms with E-state index in [1.165, 1.54) is 23.7 Å². The standard InChI is InChI=1S/C25H32N4O3S/c1-28-14-7-12-25(19-28,17-21-8-4-3-5-9-21)22-10-6-11-23(16-22)32-15-13-27-33(30,31)24-18-29(2)20-26-24/h3-6,8-11,16,18,20,27H,7,12-15,17,19H2,1-2H3. The third kappa shape index (κ3) is 5.82. The molecule has 0 spiro atoms. The predicted octanol–water partition coefficient (Wildman–Crippen LogP) is 2.98. The summed E-state index contributed by atoms with van der Waals surface area (Å²) < 4.78 is 34.7. The van der Waals surface area contributed by atoms with E-state index < -0.39 is 10.0 Å². The predicted molar refractivity (Wildman–Crippen MR) is 129 cm³/mol. The summed E-state index contributed by atoms with van der Waals surface area (Å²) >= 11 is 0. The molecule has 0 aliphatic carbocycles. The fraction of sp³-hybridized carbons (Fsp3) is 0.400. The largest absolute Gasteiger partial charge is 0.492 e. The van der Waals surface area contributed by atoms with E-state index in [1.807, 2.05) is 12.1 Å². The topological polar surface area (TPSA) is 76.5 Å². The van der Waals surface area contributed by atoms with Crippen LogP contribution in [0.3, 0.4) is 0 Å². The zero-order valence-corrected chi connectivity index (χ0v) is 20.1. The molecule has 0 saturated carbocycles. The van der Waals surface area contributed by atoms with Crippen LogP contribution in [0.25, 0.3) is 0 Å². The number of hydrogen-bond donors (Lipinski definition) is 1. The number of aryl methyl sites for hydroxylation is 1. The van der Waals surface area contributed by atoms with E-state index in [0.29, 0.717) is 0 Å². The van der Waals surface area contributed by atoms with Crippen molar-refractivity contribution in [2.24, 2.45) is 7.05 Å². The lowest BCUT2D eigenvalue weighted by molar-refractivity contribution is 0.173. The molecule has 8 heteroatoms. The number of hydrogen-bond acceptors (Lipinski definition) is 5. The summed E-state index contributed by atoms with van der Waals surface area (Å²) in [5.74, 6) is 0.755. The smallest absolute Gasteiger partial charge is 0.259 e. The van der Waals surface area contributed by atoms with Crippen LogP contribution in [-0.2, 0) is 28.9 Å². The van der Waals surface area contributed by atoms with E-state index >= 15 is 0 Å². The Morgan fingerprint density at radius 2 is 1.94 bits per heavy atom. The van der Waals surface area contributed by atoms with Crippen molar-refractivity contribution in [2.45, 2.75) is 29.7 Å². The van der Waals surface area contributed by atoms with Crippen molar-refractivity contribution in [3.63, 3.8) is 0 Å². The maximum absolute atomic E-state index is 12.3. The average Bonchev–Trinajstić information content (AvgIpc) is 3.25. The minimum absolute atomic E-state index is 0.0104. The second-order valence-electron chi connectivity index (χ2n) is 8.94. The molecular weight excluding hydrogens is 436 g/mol. The number of likely N-dealkylation sites (tertiary alicyclic amines) is 1. The van der Waals surface area contributed by atoms with Gasteiger partial charge in [-0.2, -0.15) is 0 Å². The molecule has 1 aliphatic heterocycles. The Morgan fingerprint density at radius 1 is 1.12 bits per heavy atom. The van der Waals surface area contributed by atoms with Gasteiger partial charge in [0.25, 0.3) is 10.0 Å². The molecule has 1 atom stereocenters. The van der Waals surface area contributed by atoms with Gasteiger partial charge < -0.3 is 14.2 Å². The lowest BCUT2D eigenvalue weighted by Gasteiger charge is -2.42. The molecule has 0 radical (unpaired) electrons. The molecule has 7 nitrogen and oxygen atoms in total. The van der Waals surface area contributed by atoms with Crippen LogP contribution in [0, 0.1) is 0 Å². The SMILES string of the molecule is CN1CCCC(Cc2ccccc2)(c2cccc(OCCNS(=O)(=O)c3cn(C)cn3)c2)C1. The Balaban J connectivity index is 1.44. The Bertz CT molecular complexity index is 1160. The lowest BCUT2D eigenvalue weighted by atomic mass is 9.70. The highest BCUT2D eigenvalue weighted by Crippen LogP contribution is 2.38. The number of aromatic nitrogens is 2. The maximum Gasteiger partial charge on any atom is 0.259 e. The van der Waals surface area contributed by atoms with Crippen molar-refractivity contribution < 1.29 is 13.2 Å². The summed E-state index contributed by atoms with van der Waals surface area (Å²) in [6, 6.07) is 18.9. The van der Waals surface area contributed by atoms with Gasteiger partial charge in [0.2, 0.25) is 0 Å². The fourth-order valence-corrected chi connectivity index (χ4v) is 5.68. The minimum Gasteiger partial charge on any atom is -0.492 e. The Hall–Kier alpha value is -2.68. The molecule has 33 heavy (non-hydrogen) atoms. The van der Waals surface area contributed by atoms with Crippen molar-refractivity contribution in [3.8, 4) is 5.75 Å². The summed E-state index contributed by atoms with van der Waals surface area (Å²) in [7, 11) is 0.283. The number of imidazole rings is 1. The van der Waals surface area contributed by atoms with E-state index in [-0.39, 0.29) is 23.6 Å². The second kappa shape index (κ2) is 10.1. The van der Waals surface area contributed by atoms with Crippen LogP contribution in [0.15, 0.2) is 72.1 Å². The molecule has 4 rings (SSSR count). The van der Waals surface area contributed by atoms with E-state index in [9.17, 15) is 8.42 Å². The van der Waals surface area contributed by atoms with Gasteiger partial charge in [0.1, 0.15) is 12.4 Å². The van der Waals surface area contributed by atoms with Crippen LogP contribution >= 0.6 is 0 Å². The molecule has 3 aromatic rings. The van der Waals surface area contributed by atoms with Crippen molar-refractivity contribution in [3.05, 3.63) is 78.2 Å². The lowest BCUT2D eigenvalue weighted by Crippen LogP contribution is -2.45. The number of ether oxygens (including phenoxy) is 1. The van der Waals surface area contributed by atoms with E-state index in [2.05, 4.69) is 64.1 Å². The minimum atomic E-state index is -3.64. The zero-order chi connectivity index (χ0) is 23.3. The van der Waals surface area contributed by atoms with E-state index in [1.54, 1.807) is 11.6 Å². The number of rotatable bonds is 9. The van der Waals surface area contributed by atoms with E-state index in [4.69, 9.17) is 4.74 Å². The summed E-state index contributed by atoms with van der Waals surface area (Å²) in [5.41, 5.74) is 2.63. The van der Waals surface area contributed by atoms with Gasteiger partial charge in [-0.05, 0) is 56.1 Å². The first kappa shape index (κ1) is 23.5. The van der Waals surface area contributed by atoms with Gasteiger partial charge >= 0.3 is 0 Å². The summed E-state index contributed by atoms with van der Waals surface area (Å²) in [6.45, 7) is 2.51. The van der Waals surface area contributed by atoms with E-state index in [0.717, 1.165) is 38.1 Å². The molecule has 1 aliphatic rings. The van der Waals surface area contributed by atoms with Crippen molar-refractivity contribution >= 4 is 10.0 Å². The summed E-state index contributed by atoms with van der Waals surface area (Å²) in [4.78, 5) is 6.31. The number of sulfonamides is 1. The number of nitrogens with zero attached hydrogens (tertiary/aromatic N) is 3. The van der Waals surface area contributed by atoms with Gasteiger partial charge in [0, 0.05) is 31.7 Å². The molecule has 1 N–H and O–H groups in total. The van der Waals surface area contributed by atoms with Crippen LogP contribution in [-0.4, -0.2) is 56.2 Å². The van der Waals surface area contributed by atoms with Crippen molar-refractivity contribution in [1.82, 2.24) is 19.2 Å². The normalized spacial score (nSPS) is 19.5. The van der Waals surface area contributed by atoms with Gasteiger partial charge in [-0.25, -0.2) is 18.1 Å². The van der Waals surface area contributed by atoms with Crippen LogP contribution in [0.2, 0.25) is 0 Å². The molecule has 0 amide bonds. The summed E-state index contributed by atoms with van der Waals surface area (Å²) in [6.07, 6.45) is 6.19. The molecular formula is C25H32N4O3S. The van der Waals surface area contributed by atoms with Crippen LogP contribution < -0.4 is 9.46 Å². The van der Waals surface area contributed by atoms with Crippen LogP contribution in [0.1, 0.15) is 24.0 Å². The van der Waals surface area contributed by atoms with Gasteiger partial charge in [-0.15, -0.1) is 0 Å². The molecule has 1 unspecified atom stereocenters. The highest BCUT2D eigenvalue weighted by molar-refractivity contribution is 7.89. The Kier molecular flexibility index (Phi) is 7.17. The maximum atomic E-state index is 12.3. The summed E-state index contributed by atoms with van der Waals surface area (Å²) in [5, 5.41) is 0.0104. The van der Waals surface area contributed by atoms with Crippen LogP contribution in [0.5, 0.6) is 5.75 Å². The monoisotopic (exact) mass is 468 g/mol. The average molecular weight is 469 g/mol. The molecule has 1 aromatic heterocycles. The molecule has 1 saturated heterocycles.